The van der Waals surface area contributed by atoms with Gasteiger partial charge in [-0.2, -0.15) is 11.3 Å². The Bertz CT molecular complexity index is 926. The lowest BCUT2D eigenvalue weighted by molar-refractivity contribution is 0.102. The third-order valence-electron chi connectivity index (χ3n) is 4.38. The lowest BCUT2D eigenvalue weighted by atomic mass is 10.2. The van der Waals surface area contributed by atoms with Crippen LogP contribution in [0.5, 0.6) is 0 Å². The van der Waals surface area contributed by atoms with Crippen molar-refractivity contribution in [1.29, 1.82) is 0 Å². The quantitative estimate of drug-likeness (QED) is 0.734. The maximum absolute atomic E-state index is 12.7. The second kappa shape index (κ2) is 7.59. The molecule has 0 bridgehead atoms. The van der Waals surface area contributed by atoms with E-state index in [9.17, 15) is 9.59 Å². The highest BCUT2D eigenvalue weighted by molar-refractivity contribution is 7.08. The van der Waals surface area contributed by atoms with Gasteiger partial charge in [0.05, 0.1) is 17.4 Å². The van der Waals surface area contributed by atoms with Crippen LogP contribution in [0.2, 0.25) is 0 Å². The summed E-state index contributed by atoms with van der Waals surface area (Å²) in [4.78, 5) is 32.6. The summed E-state index contributed by atoms with van der Waals surface area (Å²) in [6.45, 7) is 1.84. The van der Waals surface area contributed by atoms with Crippen molar-refractivity contribution < 1.29 is 9.59 Å². The fraction of sp³-hybridized carbons (Fsp3) is 0.150. The third-order valence-corrected chi connectivity index (χ3v) is 5.06. The van der Waals surface area contributed by atoms with Gasteiger partial charge in [-0.15, -0.1) is 0 Å². The molecule has 27 heavy (non-hydrogen) atoms. The zero-order valence-corrected chi connectivity index (χ0v) is 15.4. The van der Waals surface area contributed by atoms with Crippen molar-refractivity contribution in [2.45, 2.75) is 6.54 Å². The Morgan fingerprint density at radius 2 is 1.96 bits per heavy atom. The predicted molar refractivity (Wildman–Crippen MR) is 106 cm³/mol. The number of nitrogens with one attached hydrogen (secondary N) is 1. The molecule has 6 nitrogen and oxygen atoms in total. The molecule has 7 heteroatoms. The third kappa shape index (κ3) is 3.83. The van der Waals surface area contributed by atoms with E-state index in [1.165, 1.54) is 11.3 Å². The average molecular weight is 378 g/mol. The van der Waals surface area contributed by atoms with E-state index in [0.717, 1.165) is 5.56 Å². The van der Waals surface area contributed by atoms with E-state index in [0.29, 0.717) is 36.7 Å². The number of urea groups is 1. The van der Waals surface area contributed by atoms with Gasteiger partial charge in [-0.25, -0.2) is 9.78 Å². The van der Waals surface area contributed by atoms with Crippen LogP contribution in [0.4, 0.5) is 16.3 Å². The SMILES string of the molecule is O=C(Nc1ccc(N2CCN(Cc3ccccc3)C2=O)nc1)c1ccsc1. The first kappa shape index (κ1) is 17.2. The first-order chi connectivity index (χ1) is 13.2. The molecule has 1 aliphatic rings. The second-order valence-corrected chi connectivity index (χ2v) is 6.99. The van der Waals surface area contributed by atoms with Crippen LogP contribution in [0.1, 0.15) is 15.9 Å². The van der Waals surface area contributed by atoms with Gasteiger partial charge in [-0.3, -0.25) is 9.69 Å². The minimum Gasteiger partial charge on any atom is -0.321 e. The Hall–Kier alpha value is -3.19. The number of hydrogen-bond donors (Lipinski definition) is 1. The summed E-state index contributed by atoms with van der Waals surface area (Å²) in [6.07, 6.45) is 1.58. The fourth-order valence-corrected chi connectivity index (χ4v) is 3.60. The number of thiophene rings is 1. The molecule has 3 aromatic rings. The van der Waals surface area contributed by atoms with Gasteiger partial charge in [-0.1, -0.05) is 30.3 Å². The van der Waals surface area contributed by atoms with Gasteiger partial charge in [0.15, 0.2) is 0 Å². The highest BCUT2D eigenvalue weighted by Gasteiger charge is 2.30. The molecular formula is C20H18N4O2S. The molecule has 1 saturated heterocycles. The highest BCUT2D eigenvalue weighted by Crippen LogP contribution is 2.21. The van der Waals surface area contributed by atoms with Crippen LogP contribution in [0.25, 0.3) is 0 Å². The van der Waals surface area contributed by atoms with E-state index >= 15 is 0 Å². The van der Waals surface area contributed by atoms with Crippen LogP contribution in [0, 0.1) is 0 Å². The maximum Gasteiger partial charge on any atom is 0.326 e. The molecule has 0 spiro atoms. The van der Waals surface area contributed by atoms with Crippen molar-refractivity contribution in [3.8, 4) is 0 Å². The van der Waals surface area contributed by atoms with Crippen molar-refractivity contribution in [2.75, 3.05) is 23.3 Å². The summed E-state index contributed by atoms with van der Waals surface area (Å²) in [5, 5.41) is 6.46. The molecule has 3 amide bonds. The number of hydrogen-bond acceptors (Lipinski definition) is 4. The molecule has 0 unspecified atom stereocenters. The lowest BCUT2D eigenvalue weighted by Gasteiger charge is -2.18. The van der Waals surface area contributed by atoms with Gasteiger partial charge >= 0.3 is 6.03 Å². The molecule has 1 N–H and O–H groups in total. The molecule has 2 aromatic heterocycles. The van der Waals surface area contributed by atoms with E-state index in [1.54, 1.807) is 34.7 Å². The summed E-state index contributed by atoms with van der Waals surface area (Å²) in [5.41, 5.74) is 2.32. The minimum atomic E-state index is -0.169. The molecule has 3 heterocycles. The Kier molecular flexibility index (Phi) is 4.84. The number of pyridine rings is 1. The number of carbonyl (C=O) groups excluding carboxylic acids is 2. The molecule has 1 fully saturated rings. The van der Waals surface area contributed by atoms with Crippen molar-refractivity contribution in [3.05, 3.63) is 76.6 Å². The molecule has 136 valence electrons. The maximum atomic E-state index is 12.7. The van der Waals surface area contributed by atoms with Crippen LogP contribution in [-0.2, 0) is 6.54 Å². The van der Waals surface area contributed by atoms with Crippen LogP contribution in [-0.4, -0.2) is 34.9 Å². The van der Waals surface area contributed by atoms with E-state index in [4.69, 9.17) is 0 Å². The number of aromatic nitrogens is 1. The van der Waals surface area contributed by atoms with Crippen LogP contribution >= 0.6 is 11.3 Å². The first-order valence-corrected chi connectivity index (χ1v) is 9.55. The Morgan fingerprint density at radius 1 is 1.11 bits per heavy atom. The number of amides is 3. The van der Waals surface area contributed by atoms with Gasteiger partial charge in [0, 0.05) is 25.0 Å². The van der Waals surface area contributed by atoms with Crippen LogP contribution in [0.15, 0.2) is 65.5 Å². The van der Waals surface area contributed by atoms with Crippen LogP contribution in [0.3, 0.4) is 0 Å². The van der Waals surface area contributed by atoms with Crippen molar-refractivity contribution in [2.24, 2.45) is 0 Å². The largest absolute Gasteiger partial charge is 0.326 e. The zero-order chi connectivity index (χ0) is 18.6. The smallest absolute Gasteiger partial charge is 0.321 e. The monoisotopic (exact) mass is 378 g/mol. The van der Waals surface area contributed by atoms with Crippen molar-refractivity contribution in [1.82, 2.24) is 9.88 Å². The molecule has 0 atom stereocenters. The van der Waals surface area contributed by atoms with Gasteiger partial charge in [0.2, 0.25) is 0 Å². The van der Waals surface area contributed by atoms with E-state index in [-0.39, 0.29) is 11.9 Å². The van der Waals surface area contributed by atoms with Gasteiger partial charge in [-0.05, 0) is 29.1 Å². The number of benzene rings is 1. The number of rotatable bonds is 5. The summed E-state index contributed by atoms with van der Waals surface area (Å²) in [7, 11) is 0. The van der Waals surface area contributed by atoms with Gasteiger partial charge in [0.1, 0.15) is 5.82 Å². The highest BCUT2D eigenvalue weighted by atomic mass is 32.1. The fourth-order valence-electron chi connectivity index (χ4n) is 2.96. The standard InChI is InChI=1S/C20H18N4O2S/c25-19(16-8-11-27-14-16)22-17-6-7-18(21-12-17)24-10-9-23(20(24)26)13-15-4-2-1-3-5-15/h1-8,11-12,14H,9-10,13H2,(H,22,25). The average Bonchev–Trinajstić information content (AvgIpc) is 3.35. The predicted octanol–water partition coefficient (Wildman–Crippen LogP) is 3.84. The summed E-state index contributed by atoms with van der Waals surface area (Å²) in [5.74, 6) is 0.418. The first-order valence-electron chi connectivity index (χ1n) is 8.61. The van der Waals surface area contributed by atoms with Crippen LogP contribution < -0.4 is 10.2 Å². The van der Waals surface area contributed by atoms with Gasteiger partial charge in [0.25, 0.3) is 5.91 Å². The van der Waals surface area contributed by atoms with E-state index in [1.807, 2.05) is 40.6 Å². The number of nitrogens with zero attached hydrogens (tertiary/aromatic N) is 3. The summed E-state index contributed by atoms with van der Waals surface area (Å²) in [6, 6.07) is 15.2. The lowest BCUT2D eigenvalue weighted by Crippen LogP contribution is -2.31. The summed E-state index contributed by atoms with van der Waals surface area (Å²) < 4.78 is 0. The number of carbonyl (C=O) groups is 2. The Labute approximate surface area is 161 Å². The Morgan fingerprint density at radius 3 is 2.67 bits per heavy atom. The molecule has 0 saturated carbocycles. The molecule has 4 rings (SSSR count). The van der Waals surface area contributed by atoms with Crippen molar-refractivity contribution >= 4 is 34.8 Å². The van der Waals surface area contributed by atoms with E-state index < -0.39 is 0 Å². The van der Waals surface area contributed by atoms with Gasteiger partial charge < -0.3 is 10.2 Å². The number of anilines is 2. The molecule has 1 aliphatic heterocycles. The molecular weight excluding hydrogens is 360 g/mol. The Balaban J connectivity index is 1.40. The summed E-state index contributed by atoms with van der Waals surface area (Å²) >= 11 is 1.47. The molecule has 1 aromatic carbocycles. The van der Waals surface area contributed by atoms with E-state index in [2.05, 4.69) is 10.3 Å². The minimum absolute atomic E-state index is 0.0542. The second-order valence-electron chi connectivity index (χ2n) is 6.21. The normalized spacial score (nSPS) is 13.9. The topological polar surface area (TPSA) is 65.5 Å². The zero-order valence-electron chi connectivity index (χ0n) is 14.5. The van der Waals surface area contributed by atoms with Crippen molar-refractivity contribution in [3.63, 3.8) is 0 Å². The molecule has 0 aliphatic carbocycles. The molecule has 0 radical (unpaired) electrons.